The highest BCUT2D eigenvalue weighted by molar-refractivity contribution is 6.11. The van der Waals surface area contributed by atoms with E-state index in [-0.39, 0.29) is 12.3 Å². The highest BCUT2D eigenvalue weighted by atomic mass is 16.6. The molecule has 4 rings (SSSR count). The van der Waals surface area contributed by atoms with Crippen molar-refractivity contribution in [2.75, 3.05) is 19.1 Å². The number of imidazole rings is 1. The zero-order valence-electron chi connectivity index (χ0n) is 20.9. The number of benzene rings is 1. The SMILES string of the molecule is COc1ccc(CN(C(=O)OC(C)(C)C)c2nc3[nH]c(C(C)=O)cc3c3c2ncn3C)c(OC)c1. The number of nitrogens with zero attached hydrogens (tertiary/aromatic N) is 4. The van der Waals surface area contributed by atoms with Crippen LogP contribution >= 0.6 is 0 Å². The van der Waals surface area contributed by atoms with Gasteiger partial charge in [0.25, 0.3) is 0 Å². The number of rotatable bonds is 6. The van der Waals surface area contributed by atoms with Gasteiger partial charge >= 0.3 is 6.09 Å². The maximum Gasteiger partial charge on any atom is 0.416 e. The second-order valence-corrected chi connectivity index (χ2v) is 9.23. The van der Waals surface area contributed by atoms with Gasteiger partial charge in [-0.15, -0.1) is 0 Å². The number of hydrogen-bond donors (Lipinski definition) is 1. The summed E-state index contributed by atoms with van der Waals surface area (Å²) in [5.74, 6) is 1.36. The Bertz CT molecular complexity index is 1430. The van der Waals surface area contributed by atoms with Gasteiger partial charge in [-0.3, -0.25) is 9.69 Å². The molecule has 0 saturated heterocycles. The number of hydrogen-bond acceptors (Lipinski definition) is 7. The normalized spacial score (nSPS) is 11.6. The van der Waals surface area contributed by atoms with Crippen LogP contribution in [0.25, 0.3) is 22.1 Å². The molecule has 0 atom stereocenters. The quantitative estimate of drug-likeness (QED) is 0.402. The molecule has 0 aliphatic carbocycles. The van der Waals surface area contributed by atoms with Crippen molar-refractivity contribution >= 4 is 39.8 Å². The van der Waals surface area contributed by atoms with Gasteiger partial charge in [0, 0.05) is 31.0 Å². The maximum absolute atomic E-state index is 13.5. The van der Waals surface area contributed by atoms with Gasteiger partial charge in [0.2, 0.25) is 0 Å². The van der Waals surface area contributed by atoms with E-state index in [0.29, 0.717) is 34.2 Å². The van der Waals surface area contributed by atoms with E-state index in [2.05, 4.69) is 9.97 Å². The molecule has 35 heavy (non-hydrogen) atoms. The molecule has 0 unspecified atom stereocenters. The molecule has 1 N–H and O–H groups in total. The Morgan fingerprint density at radius 2 is 1.89 bits per heavy atom. The number of carbonyl (C=O) groups excluding carboxylic acids is 2. The number of pyridine rings is 1. The molecule has 10 nitrogen and oxygen atoms in total. The minimum Gasteiger partial charge on any atom is -0.497 e. The van der Waals surface area contributed by atoms with Crippen molar-refractivity contribution in [3.63, 3.8) is 0 Å². The van der Waals surface area contributed by atoms with Gasteiger partial charge in [-0.25, -0.2) is 14.8 Å². The summed E-state index contributed by atoms with van der Waals surface area (Å²) in [7, 11) is 4.98. The summed E-state index contributed by atoms with van der Waals surface area (Å²) in [5, 5.41) is 0.736. The number of Topliss-reactive ketones (excluding diaryl/α,β-unsaturated/α-hetero) is 1. The van der Waals surface area contributed by atoms with Crippen LogP contribution in [0.15, 0.2) is 30.6 Å². The summed E-state index contributed by atoms with van der Waals surface area (Å²) in [6.45, 7) is 6.98. The number of aromatic amines is 1. The lowest BCUT2D eigenvalue weighted by Crippen LogP contribution is -2.37. The lowest BCUT2D eigenvalue weighted by molar-refractivity contribution is 0.0576. The summed E-state index contributed by atoms with van der Waals surface area (Å²) < 4.78 is 18.4. The molecule has 0 fully saturated rings. The van der Waals surface area contributed by atoms with Gasteiger partial charge in [-0.2, -0.15) is 0 Å². The molecule has 10 heteroatoms. The third-order valence-corrected chi connectivity index (χ3v) is 5.49. The van der Waals surface area contributed by atoms with Crippen molar-refractivity contribution in [3.05, 3.63) is 41.9 Å². The number of ether oxygens (including phenoxy) is 3. The predicted molar refractivity (Wildman–Crippen MR) is 132 cm³/mol. The van der Waals surface area contributed by atoms with Crippen molar-refractivity contribution in [1.82, 2.24) is 19.5 Å². The van der Waals surface area contributed by atoms with Crippen molar-refractivity contribution in [3.8, 4) is 11.5 Å². The molecular formula is C25H29N5O5. The fourth-order valence-corrected chi connectivity index (χ4v) is 3.86. The van der Waals surface area contributed by atoms with Crippen LogP contribution in [0, 0.1) is 0 Å². The molecule has 3 heterocycles. The van der Waals surface area contributed by atoms with E-state index in [1.165, 1.54) is 11.8 Å². The predicted octanol–water partition coefficient (Wildman–Crippen LogP) is 4.61. The molecule has 3 aromatic heterocycles. The molecular weight excluding hydrogens is 450 g/mol. The molecule has 0 aliphatic rings. The Balaban J connectivity index is 1.93. The van der Waals surface area contributed by atoms with Gasteiger partial charge in [0.15, 0.2) is 11.6 Å². The first-order valence-corrected chi connectivity index (χ1v) is 11.1. The lowest BCUT2D eigenvalue weighted by atomic mass is 10.1. The first-order valence-electron chi connectivity index (χ1n) is 11.1. The lowest BCUT2D eigenvalue weighted by Gasteiger charge is -2.27. The highest BCUT2D eigenvalue weighted by Gasteiger charge is 2.29. The number of ketones is 1. The minimum atomic E-state index is -0.735. The van der Waals surface area contributed by atoms with Crippen LogP contribution < -0.4 is 14.4 Å². The molecule has 0 saturated carbocycles. The Kier molecular flexibility index (Phi) is 6.14. The summed E-state index contributed by atoms with van der Waals surface area (Å²) in [6, 6.07) is 7.12. The van der Waals surface area contributed by atoms with E-state index in [1.54, 1.807) is 59.5 Å². The van der Waals surface area contributed by atoms with Gasteiger partial charge in [-0.05, 0) is 39.0 Å². The third kappa shape index (κ3) is 4.64. The third-order valence-electron chi connectivity index (χ3n) is 5.49. The Morgan fingerprint density at radius 3 is 2.51 bits per heavy atom. The number of H-pyrrole nitrogens is 1. The number of methoxy groups -OCH3 is 2. The summed E-state index contributed by atoms with van der Waals surface area (Å²) >= 11 is 0. The number of amides is 1. The second kappa shape index (κ2) is 8.94. The van der Waals surface area contributed by atoms with Gasteiger partial charge in [0.1, 0.15) is 28.3 Å². The van der Waals surface area contributed by atoms with Gasteiger partial charge < -0.3 is 23.8 Å². The van der Waals surface area contributed by atoms with E-state index >= 15 is 0 Å². The molecule has 184 valence electrons. The molecule has 0 radical (unpaired) electrons. The zero-order valence-corrected chi connectivity index (χ0v) is 20.9. The number of carbonyl (C=O) groups is 2. The smallest absolute Gasteiger partial charge is 0.416 e. The number of fused-ring (bicyclic) bond motifs is 3. The van der Waals surface area contributed by atoms with Crippen LogP contribution in [0.2, 0.25) is 0 Å². The molecule has 1 amide bonds. The summed E-state index contributed by atoms with van der Waals surface area (Å²) in [5.41, 5.74) is 2.13. The van der Waals surface area contributed by atoms with Gasteiger partial charge in [-0.1, -0.05) is 0 Å². The minimum absolute atomic E-state index is 0.104. The Morgan fingerprint density at radius 1 is 1.14 bits per heavy atom. The van der Waals surface area contributed by atoms with Crippen LogP contribution in [-0.4, -0.2) is 51.2 Å². The number of anilines is 1. The average molecular weight is 480 g/mol. The maximum atomic E-state index is 13.5. The monoisotopic (exact) mass is 479 g/mol. The van der Waals surface area contributed by atoms with Crippen LogP contribution in [-0.2, 0) is 18.3 Å². The molecule has 0 spiro atoms. The van der Waals surface area contributed by atoms with E-state index in [0.717, 1.165) is 16.5 Å². The van der Waals surface area contributed by atoms with E-state index in [9.17, 15) is 9.59 Å². The Labute approximate surface area is 202 Å². The summed E-state index contributed by atoms with van der Waals surface area (Å²) in [4.78, 5) is 39.3. The second-order valence-electron chi connectivity index (χ2n) is 9.23. The molecule has 4 aromatic rings. The van der Waals surface area contributed by atoms with Crippen LogP contribution in [0.4, 0.5) is 10.6 Å². The zero-order chi connectivity index (χ0) is 25.5. The number of nitrogens with one attached hydrogen (secondary N) is 1. The van der Waals surface area contributed by atoms with Crippen molar-refractivity contribution < 1.29 is 23.8 Å². The number of aromatic nitrogens is 4. The van der Waals surface area contributed by atoms with Crippen molar-refractivity contribution in [2.45, 2.75) is 39.8 Å². The fourth-order valence-electron chi connectivity index (χ4n) is 3.86. The summed E-state index contributed by atoms with van der Waals surface area (Å²) in [6.07, 6.45) is 1.06. The topological polar surface area (TPSA) is 112 Å². The first-order chi connectivity index (χ1) is 16.5. The van der Waals surface area contributed by atoms with Crippen molar-refractivity contribution in [2.24, 2.45) is 7.05 Å². The molecule has 0 bridgehead atoms. The largest absolute Gasteiger partial charge is 0.497 e. The average Bonchev–Trinajstić information content (AvgIpc) is 3.39. The first kappa shape index (κ1) is 24.1. The van der Waals surface area contributed by atoms with Crippen LogP contribution in [0.1, 0.15) is 43.7 Å². The standard InChI is InChI=1S/C25H29N5O5/c1-14(31)18-11-17-21-20(26-13-29(21)5)23(28-22(17)27-18)30(24(32)35-25(2,3)4)12-15-8-9-16(33-6)10-19(15)34-7/h8-11,13H,12H2,1-7H3,(H,27,28). The van der Waals surface area contributed by atoms with Crippen molar-refractivity contribution in [1.29, 1.82) is 0 Å². The number of aryl methyl sites for hydroxylation is 1. The molecule has 0 aliphatic heterocycles. The molecule has 1 aromatic carbocycles. The van der Waals surface area contributed by atoms with Crippen LogP contribution in [0.5, 0.6) is 11.5 Å². The van der Waals surface area contributed by atoms with E-state index in [4.69, 9.17) is 19.2 Å². The van der Waals surface area contributed by atoms with E-state index in [1.807, 2.05) is 17.7 Å². The highest BCUT2D eigenvalue weighted by Crippen LogP contribution is 2.34. The van der Waals surface area contributed by atoms with Gasteiger partial charge in [0.05, 0.1) is 38.3 Å². The Hall–Kier alpha value is -4.08. The van der Waals surface area contributed by atoms with E-state index < -0.39 is 11.7 Å². The fraction of sp³-hybridized carbons (Fsp3) is 0.360. The van der Waals surface area contributed by atoms with Crippen LogP contribution in [0.3, 0.4) is 0 Å².